The molecule has 0 aliphatic heterocycles. The molecule has 0 unspecified atom stereocenters. The molecule has 1 aromatic rings. The summed E-state index contributed by atoms with van der Waals surface area (Å²) in [5.74, 6) is 0. The summed E-state index contributed by atoms with van der Waals surface area (Å²) in [7, 11) is 0. The first-order valence-corrected chi connectivity index (χ1v) is 5.33. The summed E-state index contributed by atoms with van der Waals surface area (Å²) in [4.78, 5) is 0. The van der Waals surface area contributed by atoms with Crippen LogP contribution >= 0.6 is 0 Å². The molecule has 4 nitrogen and oxygen atoms in total. The molecule has 0 aromatic carbocycles. The number of aryl methyl sites for hydroxylation is 1. The van der Waals surface area contributed by atoms with E-state index in [1.807, 2.05) is 10.9 Å². The van der Waals surface area contributed by atoms with Gasteiger partial charge in [-0.15, -0.1) is 5.10 Å². The molecular formula is C10H19N3O. The maximum absolute atomic E-state index is 5.37. The van der Waals surface area contributed by atoms with Crippen molar-refractivity contribution in [2.75, 3.05) is 13.2 Å². The number of hydrogen-bond donors (Lipinski definition) is 0. The van der Waals surface area contributed by atoms with Crippen molar-refractivity contribution >= 4 is 0 Å². The van der Waals surface area contributed by atoms with Gasteiger partial charge in [0, 0.05) is 12.8 Å². The second-order valence-electron chi connectivity index (χ2n) is 3.34. The minimum atomic E-state index is 0.725. The first-order chi connectivity index (χ1) is 6.86. The summed E-state index contributed by atoms with van der Waals surface area (Å²) in [6, 6.07) is 0. The fourth-order valence-electron chi connectivity index (χ4n) is 1.22. The number of aromatic nitrogens is 3. The molecule has 0 spiro atoms. The van der Waals surface area contributed by atoms with Gasteiger partial charge >= 0.3 is 0 Å². The molecule has 0 atom stereocenters. The van der Waals surface area contributed by atoms with Gasteiger partial charge in [0.2, 0.25) is 0 Å². The lowest BCUT2D eigenvalue weighted by molar-refractivity contribution is 0.124. The van der Waals surface area contributed by atoms with Crippen LogP contribution in [0.1, 0.15) is 32.4 Å². The van der Waals surface area contributed by atoms with Crippen LogP contribution in [0, 0.1) is 0 Å². The third kappa shape index (κ3) is 3.87. The van der Waals surface area contributed by atoms with E-state index in [-0.39, 0.29) is 0 Å². The quantitative estimate of drug-likeness (QED) is 0.624. The first kappa shape index (κ1) is 11.2. The summed E-state index contributed by atoms with van der Waals surface area (Å²) >= 11 is 0. The predicted molar refractivity (Wildman–Crippen MR) is 55.1 cm³/mol. The van der Waals surface area contributed by atoms with Crippen LogP contribution in [-0.4, -0.2) is 28.2 Å². The largest absolute Gasteiger partial charge is 0.380 e. The van der Waals surface area contributed by atoms with Crippen LogP contribution < -0.4 is 0 Å². The molecule has 0 bridgehead atoms. The molecule has 0 aliphatic carbocycles. The normalized spacial score (nSPS) is 10.7. The molecule has 0 fully saturated rings. The number of ether oxygens (including phenoxy) is 1. The van der Waals surface area contributed by atoms with Gasteiger partial charge in [0.05, 0.1) is 18.8 Å². The van der Waals surface area contributed by atoms with Gasteiger partial charge in [-0.3, -0.25) is 0 Å². The Kier molecular flexibility index (Phi) is 5.22. The van der Waals surface area contributed by atoms with Crippen LogP contribution in [0.15, 0.2) is 6.20 Å². The molecule has 0 saturated carbocycles. The molecule has 0 radical (unpaired) electrons. The monoisotopic (exact) mass is 197 g/mol. The van der Waals surface area contributed by atoms with Gasteiger partial charge in [-0.1, -0.05) is 25.5 Å². The number of rotatable bonds is 7. The molecular weight excluding hydrogens is 178 g/mol. The maximum atomic E-state index is 5.37. The Morgan fingerprint density at radius 1 is 1.29 bits per heavy atom. The highest BCUT2D eigenvalue weighted by molar-refractivity contribution is 4.91. The number of hydrogen-bond acceptors (Lipinski definition) is 3. The van der Waals surface area contributed by atoms with E-state index in [0.717, 1.165) is 44.7 Å². The number of nitrogens with zero attached hydrogens (tertiary/aromatic N) is 3. The van der Waals surface area contributed by atoms with Gasteiger partial charge < -0.3 is 4.74 Å². The summed E-state index contributed by atoms with van der Waals surface area (Å²) in [5.41, 5.74) is 1.07. The molecule has 1 rings (SSSR count). The van der Waals surface area contributed by atoms with Crippen molar-refractivity contribution < 1.29 is 4.74 Å². The second kappa shape index (κ2) is 6.54. The molecule has 0 aliphatic rings. The zero-order valence-electron chi connectivity index (χ0n) is 9.07. The van der Waals surface area contributed by atoms with E-state index in [2.05, 4.69) is 24.2 Å². The van der Waals surface area contributed by atoms with E-state index < -0.39 is 0 Å². The molecule has 4 heteroatoms. The lowest BCUT2D eigenvalue weighted by atomic mass is 10.3. The summed E-state index contributed by atoms with van der Waals surface area (Å²) < 4.78 is 7.22. The van der Waals surface area contributed by atoms with Crippen molar-refractivity contribution in [2.24, 2.45) is 0 Å². The van der Waals surface area contributed by atoms with E-state index in [9.17, 15) is 0 Å². The van der Waals surface area contributed by atoms with E-state index in [1.165, 1.54) is 0 Å². The highest BCUT2D eigenvalue weighted by atomic mass is 16.5. The van der Waals surface area contributed by atoms with Gasteiger partial charge in [-0.25, -0.2) is 4.68 Å². The molecule has 0 amide bonds. The zero-order valence-corrected chi connectivity index (χ0v) is 9.07. The Morgan fingerprint density at radius 3 is 2.86 bits per heavy atom. The highest BCUT2D eigenvalue weighted by Gasteiger charge is 1.98. The first-order valence-electron chi connectivity index (χ1n) is 5.33. The fraction of sp³-hybridized carbons (Fsp3) is 0.800. The SMILES string of the molecule is CCCOCCn1cc(CCC)nn1. The lowest BCUT2D eigenvalue weighted by Crippen LogP contribution is -2.06. The van der Waals surface area contributed by atoms with E-state index in [1.54, 1.807) is 0 Å². The standard InChI is InChI=1S/C10H19N3O/c1-3-5-10-9-13(12-11-10)6-8-14-7-4-2/h9H,3-8H2,1-2H3. The summed E-state index contributed by atoms with van der Waals surface area (Å²) in [5, 5.41) is 8.08. The summed E-state index contributed by atoms with van der Waals surface area (Å²) in [6.45, 7) is 6.61. The van der Waals surface area contributed by atoms with E-state index >= 15 is 0 Å². The van der Waals surface area contributed by atoms with Crippen LogP contribution in [-0.2, 0) is 17.7 Å². The van der Waals surface area contributed by atoms with Crippen LogP contribution in [0.2, 0.25) is 0 Å². The Hall–Kier alpha value is -0.900. The molecule has 14 heavy (non-hydrogen) atoms. The highest BCUT2D eigenvalue weighted by Crippen LogP contribution is 1.97. The van der Waals surface area contributed by atoms with Crippen LogP contribution in [0.4, 0.5) is 0 Å². The zero-order chi connectivity index (χ0) is 10.2. The fourth-order valence-corrected chi connectivity index (χ4v) is 1.22. The van der Waals surface area contributed by atoms with Gasteiger partial charge in [0.15, 0.2) is 0 Å². The maximum Gasteiger partial charge on any atom is 0.0827 e. The molecule has 0 saturated heterocycles. The molecule has 0 N–H and O–H groups in total. The Morgan fingerprint density at radius 2 is 2.14 bits per heavy atom. The average Bonchev–Trinajstić information content (AvgIpc) is 2.61. The van der Waals surface area contributed by atoms with Crippen molar-refractivity contribution in [3.05, 3.63) is 11.9 Å². The van der Waals surface area contributed by atoms with Crippen molar-refractivity contribution in [1.82, 2.24) is 15.0 Å². The van der Waals surface area contributed by atoms with Gasteiger partial charge in [0.25, 0.3) is 0 Å². The lowest BCUT2D eigenvalue weighted by Gasteiger charge is -2.01. The predicted octanol–water partition coefficient (Wildman–Crippen LogP) is 1.66. The van der Waals surface area contributed by atoms with Gasteiger partial charge in [-0.2, -0.15) is 0 Å². The Labute approximate surface area is 85.3 Å². The Bertz CT molecular complexity index is 247. The molecule has 1 heterocycles. The molecule has 1 aromatic heterocycles. The van der Waals surface area contributed by atoms with E-state index in [0.29, 0.717) is 0 Å². The van der Waals surface area contributed by atoms with Crippen LogP contribution in [0.25, 0.3) is 0 Å². The van der Waals surface area contributed by atoms with E-state index in [4.69, 9.17) is 4.74 Å². The van der Waals surface area contributed by atoms with Crippen LogP contribution in [0.5, 0.6) is 0 Å². The van der Waals surface area contributed by atoms with Crippen molar-refractivity contribution in [3.8, 4) is 0 Å². The minimum absolute atomic E-state index is 0.725. The van der Waals surface area contributed by atoms with Gasteiger partial charge in [-0.05, 0) is 12.8 Å². The van der Waals surface area contributed by atoms with Gasteiger partial charge in [0.1, 0.15) is 0 Å². The average molecular weight is 197 g/mol. The second-order valence-corrected chi connectivity index (χ2v) is 3.34. The van der Waals surface area contributed by atoms with Crippen molar-refractivity contribution in [3.63, 3.8) is 0 Å². The molecule has 80 valence electrons. The van der Waals surface area contributed by atoms with Crippen molar-refractivity contribution in [2.45, 2.75) is 39.7 Å². The van der Waals surface area contributed by atoms with Crippen molar-refractivity contribution in [1.29, 1.82) is 0 Å². The minimum Gasteiger partial charge on any atom is -0.380 e. The van der Waals surface area contributed by atoms with Crippen LogP contribution in [0.3, 0.4) is 0 Å². The summed E-state index contributed by atoms with van der Waals surface area (Å²) in [6.07, 6.45) is 5.19. The third-order valence-electron chi connectivity index (χ3n) is 1.91. The third-order valence-corrected chi connectivity index (χ3v) is 1.91. The topological polar surface area (TPSA) is 39.9 Å². The smallest absolute Gasteiger partial charge is 0.0827 e. The Balaban J connectivity index is 2.22.